The van der Waals surface area contributed by atoms with E-state index in [1.54, 1.807) is 24.3 Å². The van der Waals surface area contributed by atoms with Crippen molar-refractivity contribution in [3.05, 3.63) is 84.2 Å². The largest absolute Gasteiger partial charge is 0.416 e. The molecule has 10 heteroatoms. The minimum Gasteiger partial charge on any atom is -0.325 e. The molecule has 1 N–H and O–H groups in total. The van der Waals surface area contributed by atoms with E-state index < -0.39 is 34.2 Å². The van der Waals surface area contributed by atoms with Crippen LogP contribution in [0.3, 0.4) is 0 Å². The zero-order chi connectivity index (χ0) is 22.6. The number of pyridine rings is 1. The second kappa shape index (κ2) is 8.76. The fourth-order valence-corrected chi connectivity index (χ4v) is 4.14. The maximum atomic E-state index is 13.1. The highest BCUT2D eigenvalue weighted by Crippen LogP contribution is 2.31. The van der Waals surface area contributed by atoms with E-state index in [-0.39, 0.29) is 16.3 Å². The van der Waals surface area contributed by atoms with Gasteiger partial charge in [-0.1, -0.05) is 23.8 Å². The molecule has 0 unspecified atom stereocenters. The van der Waals surface area contributed by atoms with Crippen molar-refractivity contribution in [1.29, 1.82) is 0 Å². The zero-order valence-corrected chi connectivity index (χ0v) is 17.1. The van der Waals surface area contributed by atoms with Crippen LogP contribution >= 0.6 is 0 Å². The minimum atomic E-state index is -4.57. The van der Waals surface area contributed by atoms with Crippen LogP contribution in [-0.2, 0) is 21.0 Å². The topological polar surface area (TPSA) is 79.4 Å². The summed E-state index contributed by atoms with van der Waals surface area (Å²) in [6.45, 7) is 1.18. The summed E-state index contributed by atoms with van der Waals surface area (Å²) in [5.74, 6) is -0.799. The molecule has 0 saturated carbocycles. The second-order valence-corrected chi connectivity index (χ2v) is 8.53. The van der Waals surface area contributed by atoms with Gasteiger partial charge in [0.15, 0.2) is 0 Å². The van der Waals surface area contributed by atoms with Crippen molar-refractivity contribution in [1.82, 2.24) is 4.98 Å². The molecule has 2 aromatic carbocycles. The molecular weight excluding hydrogens is 431 g/mol. The SMILES string of the molecule is Cc1ccc(N(CC(=O)Nc2cccc(C(F)(F)F)c2)S(=O)(=O)c2cccnc2)cc1. The Labute approximate surface area is 177 Å². The number of halogens is 3. The number of nitrogens with one attached hydrogen (secondary N) is 1. The predicted octanol–water partition coefficient (Wildman–Crippen LogP) is 4.24. The van der Waals surface area contributed by atoms with E-state index in [2.05, 4.69) is 10.3 Å². The molecule has 0 aliphatic heterocycles. The lowest BCUT2D eigenvalue weighted by atomic mass is 10.2. The van der Waals surface area contributed by atoms with Crippen LogP contribution in [0.2, 0.25) is 0 Å². The van der Waals surface area contributed by atoms with Gasteiger partial charge < -0.3 is 5.32 Å². The normalized spacial score (nSPS) is 11.7. The van der Waals surface area contributed by atoms with Gasteiger partial charge >= 0.3 is 6.18 Å². The lowest BCUT2D eigenvalue weighted by Crippen LogP contribution is -2.38. The van der Waals surface area contributed by atoms with Gasteiger partial charge in [0.2, 0.25) is 5.91 Å². The molecule has 6 nitrogen and oxygen atoms in total. The fraction of sp³-hybridized carbons (Fsp3) is 0.143. The van der Waals surface area contributed by atoms with Gasteiger partial charge in [-0.25, -0.2) is 8.42 Å². The third-order valence-corrected chi connectivity index (χ3v) is 6.06. The summed E-state index contributed by atoms with van der Waals surface area (Å²) in [7, 11) is -4.16. The van der Waals surface area contributed by atoms with Crippen LogP contribution < -0.4 is 9.62 Å². The third-order valence-electron chi connectivity index (χ3n) is 4.31. The summed E-state index contributed by atoms with van der Waals surface area (Å²) < 4.78 is 65.9. The molecule has 31 heavy (non-hydrogen) atoms. The molecule has 3 rings (SSSR count). The number of rotatable bonds is 6. The van der Waals surface area contributed by atoms with Crippen LogP contribution in [0.4, 0.5) is 24.5 Å². The standard InChI is InChI=1S/C21H18F3N3O3S/c1-15-7-9-18(10-8-15)27(31(29,30)19-6-3-11-25-13-19)14-20(28)26-17-5-2-4-16(12-17)21(22,23)24/h2-13H,14H2,1H3,(H,26,28). The zero-order valence-electron chi connectivity index (χ0n) is 16.3. The summed E-state index contributed by atoms with van der Waals surface area (Å²) in [5.41, 5.74) is 0.0932. The number of carbonyl (C=O) groups excluding carboxylic acids is 1. The number of nitrogens with zero attached hydrogens (tertiary/aromatic N) is 2. The minimum absolute atomic E-state index is 0.0949. The lowest BCUT2D eigenvalue weighted by molar-refractivity contribution is -0.137. The first-order valence-corrected chi connectivity index (χ1v) is 10.5. The summed E-state index contributed by atoms with van der Waals surface area (Å²) >= 11 is 0. The van der Waals surface area contributed by atoms with Crippen LogP contribution in [0.5, 0.6) is 0 Å². The number of hydrogen-bond acceptors (Lipinski definition) is 4. The first kappa shape index (κ1) is 22.3. The molecule has 0 aliphatic rings. The molecule has 0 saturated heterocycles. The van der Waals surface area contributed by atoms with Crippen LogP contribution in [-0.4, -0.2) is 25.9 Å². The molecule has 0 atom stereocenters. The van der Waals surface area contributed by atoms with E-state index in [1.807, 2.05) is 6.92 Å². The lowest BCUT2D eigenvalue weighted by Gasteiger charge is -2.24. The van der Waals surface area contributed by atoms with Gasteiger partial charge in [0, 0.05) is 18.1 Å². The Bertz CT molecular complexity index is 1170. The van der Waals surface area contributed by atoms with Crippen molar-refractivity contribution >= 4 is 27.3 Å². The molecule has 1 heterocycles. The first-order valence-electron chi connectivity index (χ1n) is 9.04. The number of aromatic nitrogens is 1. The van der Waals surface area contributed by atoms with Gasteiger partial charge in [0.25, 0.3) is 10.0 Å². The van der Waals surface area contributed by atoms with Gasteiger partial charge in [0.05, 0.1) is 11.3 Å². The Balaban J connectivity index is 1.90. The van der Waals surface area contributed by atoms with Crippen LogP contribution in [0.25, 0.3) is 0 Å². The Morgan fingerprint density at radius 1 is 1.06 bits per heavy atom. The second-order valence-electron chi connectivity index (χ2n) is 6.66. The molecule has 0 radical (unpaired) electrons. The Kier molecular flexibility index (Phi) is 6.30. The molecule has 0 bridgehead atoms. The Morgan fingerprint density at radius 2 is 1.77 bits per heavy atom. The summed E-state index contributed by atoms with van der Waals surface area (Å²) in [5, 5.41) is 2.33. The molecular formula is C21H18F3N3O3S. The van der Waals surface area contributed by atoms with Crippen LogP contribution in [0.1, 0.15) is 11.1 Å². The quantitative estimate of drug-likeness (QED) is 0.611. The molecule has 0 aliphatic carbocycles. The number of aryl methyl sites for hydroxylation is 1. The Hall–Kier alpha value is -3.40. The maximum Gasteiger partial charge on any atom is 0.416 e. The number of alkyl halides is 3. The van der Waals surface area contributed by atoms with Gasteiger partial charge in [-0.05, 0) is 49.4 Å². The van der Waals surface area contributed by atoms with Gasteiger partial charge in [-0.2, -0.15) is 13.2 Å². The van der Waals surface area contributed by atoms with Gasteiger partial charge in [-0.15, -0.1) is 0 Å². The van der Waals surface area contributed by atoms with Gasteiger partial charge in [0.1, 0.15) is 11.4 Å². The third kappa shape index (κ3) is 5.40. The van der Waals surface area contributed by atoms with Crippen molar-refractivity contribution < 1.29 is 26.4 Å². The molecule has 162 valence electrons. The highest BCUT2D eigenvalue weighted by atomic mass is 32.2. The van der Waals surface area contributed by atoms with Crippen molar-refractivity contribution in [3.63, 3.8) is 0 Å². The maximum absolute atomic E-state index is 13.1. The summed E-state index contributed by atoms with van der Waals surface area (Å²) in [6, 6.07) is 13.3. The average Bonchev–Trinajstić information content (AvgIpc) is 2.73. The Morgan fingerprint density at radius 3 is 2.39 bits per heavy atom. The molecule has 0 spiro atoms. The molecule has 0 fully saturated rings. The number of sulfonamides is 1. The predicted molar refractivity (Wildman–Crippen MR) is 110 cm³/mol. The fourth-order valence-electron chi connectivity index (χ4n) is 2.76. The van der Waals surface area contributed by atoms with Crippen molar-refractivity contribution in [3.8, 4) is 0 Å². The van der Waals surface area contributed by atoms with E-state index in [9.17, 15) is 26.4 Å². The van der Waals surface area contributed by atoms with E-state index >= 15 is 0 Å². The van der Waals surface area contributed by atoms with E-state index in [0.29, 0.717) is 0 Å². The molecule has 3 aromatic rings. The summed E-state index contributed by atoms with van der Waals surface area (Å²) in [6.07, 6.45) is -2.00. The average molecular weight is 449 g/mol. The molecule has 1 aromatic heterocycles. The van der Waals surface area contributed by atoms with Gasteiger partial charge in [-0.3, -0.25) is 14.1 Å². The van der Waals surface area contributed by atoms with E-state index in [4.69, 9.17) is 0 Å². The van der Waals surface area contributed by atoms with Crippen LogP contribution in [0.15, 0.2) is 78.0 Å². The number of amides is 1. The van der Waals surface area contributed by atoms with Crippen LogP contribution in [0, 0.1) is 6.92 Å². The number of anilines is 2. The highest BCUT2D eigenvalue weighted by Gasteiger charge is 2.31. The van der Waals surface area contributed by atoms with Crippen molar-refractivity contribution in [2.75, 3.05) is 16.2 Å². The van der Waals surface area contributed by atoms with Crippen molar-refractivity contribution in [2.45, 2.75) is 18.0 Å². The van der Waals surface area contributed by atoms with E-state index in [0.717, 1.165) is 34.3 Å². The highest BCUT2D eigenvalue weighted by molar-refractivity contribution is 7.92. The monoisotopic (exact) mass is 449 g/mol. The van der Waals surface area contributed by atoms with E-state index in [1.165, 1.54) is 24.4 Å². The number of carbonyl (C=O) groups is 1. The van der Waals surface area contributed by atoms with Crippen molar-refractivity contribution in [2.24, 2.45) is 0 Å². The molecule has 1 amide bonds. The number of benzene rings is 2. The first-order chi connectivity index (χ1) is 14.6. The summed E-state index contributed by atoms with van der Waals surface area (Å²) in [4.78, 5) is 16.3. The smallest absolute Gasteiger partial charge is 0.325 e. The number of hydrogen-bond donors (Lipinski definition) is 1.